The predicted molar refractivity (Wildman–Crippen MR) is 129 cm³/mol. The number of likely N-dealkylation sites (tertiary alicyclic amines) is 1. The maximum Gasteiger partial charge on any atom is 0.490 e. The first-order valence-corrected chi connectivity index (χ1v) is 11.7. The van der Waals surface area contributed by atoms with Crippen LogP contribution in [0.4, 0.5) is 18.9 Å². The Balaban J connectivity index is 0.000000540. The molecule has 0 unspecified atom stereocenters. The Labute approximate surface area is 208 Å². The summed E-state index contributed by atoms with van der Waals surface area (Å²) in [5.41, 5.74) is 1.28. The van der Waals surface area contributed by atoms with Crippen LogP contribution in [0.2, 0.25) is 5.02 Å². The number of nitrogens with one attached hydrogen (secondary N) is 1. The Morgan fingerprint density at radius 1 is 1.14 bits per heavy atom. The molecule has 35 heavy (non-hydrogen) atoms. The molecule has 192 valence electrons. The van der Waals surface area contributed by atoms with Crippen LogP contribution in [-0.4, -0.2) is 53.8 Å². The monoisotopic (exact) mass is 514 g/mol. The van der Waals surface area contributed by atoms with Crippen molar-refractivity contribution in [3.8, 4) is 5.75 Å². The average Bonchev–Trinajstić information content (AvgIpc) is 2.80. The minimum absolute atomic E-state index is 0.154. The van der Waals surface area contributed by atoms with Crippen LogP contribution in [0, 0.1) is 5.92 Å². The molecule has 1 aliphatic rings. The van der Waals surface area contributed by atoms with Crippen molar-refractivity contribution in [2.75, 3.05) is 25.0 Å². The fourth-order valence-electron chi connectivity index (χ4n) is 3.34. The van der Waals surface area contributed by atoms with Crippen molar-refractivity contribution in [3.63, 3.8) is 0 Å². The molecule has 0 atom stereocenters. The van der Waals surface area contributed by atoms with Crippen LogP contribution in [0.25, 0.3) is 0 Å². The van der Waals surface area contributed by atoms with Crippen LogP contribution in [0.1, 0.15) is 43.5 Å². The van der Waals surface area contributed by atoms with E-state index in [1.54, 1.807) is 18.2 Å². The van der Waals surface area contributed by atoms with Crippen LogP contribution in [0.5, 0.6) is 5.75 Å². The standard InChI is InChI=1S/C23H29ClN2O2.C2HF3O2/c1-17(2)10-13-26-14-11-20(12-15-26)28-22-9-8-19(16-21(22)24)25-23(27)18-6-4-3-5-7-18;3-2(4,5)1(6)7/h3-9,16-17,20H,10-15H2,1-2H3,(H,25,27);(H,6,7). The lowest BCUT2D eigenvalue weighted by atomic mass is 10.1. The maximum atomic E-state index is 12.3. The number of hydrogen-bond donors (Lipinski definition) is 2. The molecule has 0 bridgehead atoms. The van der Waals surface area contributed by atoms with E-state index in [4.69, 9.17) is 26.2 Å². The SMILES string of the molecule is CC(C)CCN1CCC(Oc2ccc(NC(=O)c3ccccc3)cc2Cl)CC1.O=C(O)C(F)(F)F. The van der Waals surface area contributed by atoms with Crippen molar-refractivity contribution in [2.45, 2.75) is 45.4 Å². The minimum atomic E-state index is -5.08. The third kappa shape index (κ3) is 10.2. The highest BCUT2D eigenvalue weighted by molar-refractivity contribution is 6.32. The van der Waals surface area contributed by atoms with Gasteiger partial charge in [0.1, 0.15) is 11.9 Å². The average molecular weight is 515 g/mol. The summed E-state index contributed by atoms with van der Waals surface area (Å²) in [7, 11) is 0. The Hall–Kier alpha value is -2.78. The molecule has 10 heteroatoms. The largest absolute Gasteiger partial charge is 0.490 e. The van der Waals surface area contributed by atoms with E-state index in [-0.39, 0.29) is 12.0 Å². The number of rotatable bonds is 7. The lowest BCUT2D eigenvalue weighted by molar-refractivity contribution is -0.192. The smallest absolute Gasteiger partial charge is 0.489 e. The van der Waals surface area contributed by atoms with E-state index in [2.05, 4.69) is 24.1 Å². The summed E-state index contributed by atoms with van der Waals surface area (Å²) in [6, 6.07) is 14.5. The van der Waals surface area contributed by atoms with E-state index in [0.29, 0.717) is 22.0 Å². The first-order valence-electron chi connectivity index (χ1n) is 11.3. The number of anilines is 1. The van der Waals surface area contributed by atoms with Gasteiger partial charge in [-0.3, -0.25) is 4.79 Å². The van der Waals surface area contributed by atoms with Crippen LogP contribution in [0.15, 0.2) is 48.5 Å². The van der Waals surface area contributed by atoms with Crippen LogP contribution >= 0.6 is 11.6 Å². The number of carboxylic acids is 1. The molecule has 1 fully saturated rings. The van der Waals surface area contributed by atoms with E-state index in [9.17, 15) is 18.0 Å². The number of hydrogen-bond acceptors (Lipinski definition) is 4. The molecular formula is C25H30ClF3N2O4. The zero-order valence-electron chi connectivity index (χ0n) is 19.6. The summed E-state index contributed by atoms with van der Waals surface area (Å²) in [6.07, 6.45) is -1.62. The summed E-state index contributed by atoms with van der Waals surface area (Å²) in [4.78, 5) is 23.7. The number of benzene rings is 2. The van der Waals surface area contributed by atoms with E-state index in [0.717, 1.165) is 31.8 Å². The summed E-state index contributed by atoms with van der Waals surface area (Å²) in [5.74, 6) is -1.49. The van der Waals surface area contributed by atoms with Gasteiger partial charge in [0.2, 0.25) is 0 Å². The fraction of sp³-hybridized carbons (Fsp3) is 0.440. The van der Waals surface area contributed by atoms with Gasteiger partial charge in [-0.05, 0) is 62.1 Å². The predicted octanol–water partition coefficient (Wildman–Crippen LogP) is 6.11. The molecule has 1 aliphatic heterocycles. The van der Waals surface area contributed by atoms with E-state index in [1.165, 1.54) is 13.0 Å². The Kier molecular flexibility index (Phi) is 10.9. The summed E-state index contributed by atoms with van der Waals surface area (Å²) >= 11 is 6.40. The Morgan fingerprint density at radius 3 is 2.26 bits per heavy atom. The molecule has 0 spiro atoms. The van der Waals surface area contributed by atoms with Crippen molar-refractivity contribution in [1.29, 1.82) is 0 Å². The summed E-state index contributed by atoms with van der Waals surface area (Å²) in [6.45, 7) is 7.84. The van der Waals surface area contributed by atoms with Crippen molar-refractivity contribution >= 4 is 29.2 Å². The zero-order valence-corrected chi connectivity index (χ0v) is 20.4. The molecule has 6 nitrogen and oxygen atoms in total. The third-order valence-electron chi connectivity index (χ3n) is 5.32. The quantitative estimate of drug-likeness (QED) is 0.465. The van der Waals surface area contributed by atoms with Crippen LogP contribution in [-0.2, 0) is 4.79 Å². The van der Waals surface area contributed by atoms with E-state index < -0.39 is 12.1 Å². The summed E-state index contributed by atoms with van der Waals surface area (Å²) in [5, 5.41) is 10.5. The van der Waals surface area contributed by atoms with E-state index in [1.807, 2.05) is 30.3 Å². The number of ether oxygens (including phenoxy) is 1. The minimum Gasteiger partial charge on any atom is -0.489 e. The van der Waals surface area contributed by atoms with Gasteiger partial charge in [-0.25, -0.2) is 4.79 Å². The molecule has 2 N–H and O–H groups in total. The van der Waals surface area contributed by atoms with Gasteiger partial charge in [0.15, 0.2) is 0 Å². The number of carbonyl (C=O) groups excluding carboxylic acids is 1. The molecule has 2 aromatic rings. The van der Waals surface area contributed by atoms with Gasteiger partial charge in [0.25, 0.3) is 5.91 Å². The third-order valence-corrected chi connectivity index (χ3v) is 5.61. The second-order valence-corrected chi connectivity index (χ2v) is 9.02. The van der Waals surface area contributed by atoms with Gasteiger partial charge in [0.05, 0.1) is 5.02 Å². The highest BCUT2D eigenvalue weighted by atomic mass is 35.5. The number of amides is 1. The molecule has 1 saturated heterocycles. The second-order valence-electron chi connectivity index (χ2n) is 8.61. The van der Waals surface area contributed by atoms with Gasteiger partial charge in [-0.2, -0.15) is 13.2 Å². The first-order chi connectivity index (χ1) is 16.5. The Morgan fingerprint density at radius 2 is 1.74 bits per heavy atom. The number of carbonyl (C=O) groups is 2. The number of halogens is 4. The molecule has 1 heterocycles. The van der Waals surface area contributed by atoms with Crippen molar-refractivity contribution < 1.29 is 32.6 Å². The number of aliphatic carboxylic acids is 1. The molecule has 3 rings (SSSR count). The van der Waals surface area contributed by atoms with Crippen LogP contribution in [0.3, 0.4) is 0 Å². The molecular weight excluding hydrogens is 485 g/mol. The van der Waals surface area contributed by atoms with Crippen molar-refractivity contribution in [1.82, 2.24) is 4.90 Å². The molecule has 0 saturated carbocycles. The normalized spacial score (nSPS) is 14.7. The van der Waals surface area contributed by atoms with Crippen LogP contribution < -0.4 is 10.1 Å². The lowest BCUT2D eigenvalue weighted by Gasteiger charge is -2.32. The molecule has 2 aromatic carbocycles. The summed E-state index contributed by atoms with van der Waals surface area (Å²) < 4.78 is 37.9. The first kappa shape index (κ1) is 28.5. The molecule has 0 radical (unpaired) electrons. The number of carboxylic acid groups (broad SMARTS) is 1. The van der Waals surface area contributed by atoms with Gasteiger partial charge >= 0.3 is 12.1 Å². The zero-order chi connectivity index (χ0) is 26.0. The Bertz CT molecular complexity index is 963. The topological polar surface area (TPSA) is 78.9 Å². The number of nitrogens with zero attached hydrogens (tertiary/aromatic N) is 1. The molecule has 0 aliphatic carbocycles. The highest BCUT2D eigenvalue weighted by Gasteiger charge is 2.38. The van der Waals surface area contributed by atoms with Gasteiger partial charge in [-0.15, -0.1) is 0 Å². The number of piperidine rings is 1. The fourth-order valence-corrected chi connectivity index (χ4v) is 3.56. The van der Waals surface area contributed by atoms with Crippen molar-refractivity contribution in [3.05, 3.63) is 59.1 Å². The number of alkyl halides is 3. The van der Waals surface area contributed by atoms with E-state index >= 15 is 0 Å². The van der Waals surface area contributed by atoms with Crippen molar-refractivity contribution in [2.24, 2.45) is 5.92 Å². The maximum absolute atomic E-state index is 12.3. The highest BCUT2D eigenvalue weighted by Crippen LogP contribution is 2.30. The molecule has 0 aromatic heterocycles. The lowest BCUT2D eigenvalue weighted by Crippen LogP contribution is -2.39. The van der Waals surface area contributed by atoms with Gasteiger partial charge < -0.3 is 20.1 Å². The van der Waals surface area contributed by atoms with Gasteiger partial charge in [-0.1, -0.05) is 43.6 Å². The second kappa shape index (κ2) is 13.3. The van der Waals surface area contributed by atoms with Gasteiger partial charge in [0, 0.05) is 24.3 Å². The molecule has 1 amide bonds.